The number of carbonyl (C=O) groups is 1. The van der Waals surface area contributed by atoms with E-state index in [4.69, 9.17) is 10.00 Å². The second-order valence-corrected chi connectivity index (χ2v) is 8.00. The number of rotatable bonds is 4. The van der Waals surface area contributed by atoms with Gasteiger partial charge in [-0.15, -0.1) is 11.8 Å². The molecule has 0 radical (unpaired) electrons. The summed E-state index contributed by atoms with van der Waals surface area (Å²) >= 11 is 1.62. The van der Waals surface area contributed by atoms with Crippen LogP contribution in [0.25, 0.3) is 0 Å². The van der Waals surface area contributed by atoms with Gasteiger partial charge in [0.15, 0.2) is 0 Å². The zero-order valence-corrected chi connectivity index (χ0v) is 14.8. The smallest absolute Gasteiger partial charge is 0.322 e. The summed E-state index contributed by atoms with van der Waals surface area (Å²) in [6.07, 6.45) is 3.77. The maximum absolute atomic E-state index is 12.7. The van der Waals surface area contributed by atoms with Gasteiger partial charge in [-0.05, 0) is 31.4 Å². The van der Waals surface area contributed by atoms with Crippen LogP contribution in [-0.2, 0) is 4.74 Å². The third-order valence-corrected chi connectivity index (χ3v) is 5.81. The second kappa shape index (κ2) is 7.45. The highest BCUT2D eigenvalue weighted by molar-refractivity contribution is 8.00. The van der Waals surface area contributed by atoms with E-state index in [2.05, 4.69) is 11.4 Å². The lowest BCUT2D eigenvalue weighted by atomic mass is 9.79. The summed E-state index contributed by atoms with van der Waals surface area (Å²) < 4.78 is 5.88. The zero-order chi connectivity index (χ0) is 17.0. The number of nitrogens with one attached hydrogen (secondary N) is 1. The SMILES string of the molecule is C[C@H](CC#N)Sc1ccccc1NC(=O)N1CCOC2(CCC2)C1. The first-order valence-corrected chi connectivity index (χ1v) is 9.32. The van der Waals surface area contributed by atoms with E-state index in [1.54, 1.807) is 11.8 Å². The van der Waals surface area contributed by atoms with Gasteiger partial charge in [0.05, 0.1) is 30.5 Å². The molecule has 1 spiro atoms. The van der Waals surface area contributed by atoms with Gasteiger partial charge < -0.3 is 15.0 Å². The molecule has 1 saturated heterocycles. The summed E-state index contributed by atoms with van der Waals surface area (Å²) in [5.74, 6) is 0. The Morgan fingerprint density at radius 3 is 3.00 bits per heavy atom. The minimum atomic E-state index is -0.0921. The molecule has 1 aliphatic heterocycles. The van der Waals surface area contributed by atoms with E-state index in [1.165, 1.54) is 6.42 Å². The Bertz CT molecular complexity index is 639. The molecule has 0 bridgehead atoms. The molecular formula is C18H23N3O2S. The molecule has 1 N–H and O–H groups in total. The Kier molecular flexibility index (Phi) is 5.32. The van der Waals surface area contributed by atoms with Crippen molar-refractivity contribution in [2.24, 2.45) is 0 Å². The van der Waals surface area contributed by atoms with Crippen molar-refractivity contribution in [3.63, 3.8) is 0 Å². The number of para-hydroxylation sites is 1. The molecule has 1 aliphatic carbocycles. The van der Waals surface area contributed by atoms with Gasteiger partial charge in [0.25, 0.3) is 0 Å². The molecule has 2 amide bonds. The summed E-state index contributed by atoms with van der Waals surface area (Å²) in [5, 5.41) is 12.1. The maximum atomic E-state index is 12.7. The van der Waals surface area contributed by atoms with Crippen molar-refractivity contribution in [2.45, 2.75) is 48.4 Å². The predicted octanol–water partition coefficient (Wildman–Crippen LogP) is 3.87. The van der Waals surface area contributed by atoms with E-state index >= 15 is 0 Å². The third-order valence-electron chi connectivity index (χ3n) is 4.64. The molecule has 2 aliphatic rings. The molecule has 1 saturated carbocycles. The average molecular weight is 345 g/mol. The molecule has 128 valence electrons. The number of anilines is 1. The van der Waals surface area contributed by atoms with Crippen LogP contribution in [0.5, 0.6) is 0 Å². The maximum Gasteiger partial charge on any atom is 0.322 e. The summed E-state index contributed by atoms with van der Waals surface area (Å²) in [7, 11) is 0. The van der Waals surface area contributed by atoms with Crippen molar-refractivity contribution >= 4 is 23.5 Å². The number of nitrogens with zero attached hydrogens (tertiary/aromatic N) is 2. The van der Waals surface area contributed by atoms with E-state index in [9.17, 15) is 4.79 Å². The van der Waals surface area contributed by atoms with Crippen molar-refractivity contribution in [3.8, 4) is 6.07 Å². The molecule has 2 fully saturated rings. The van der Waals surface area contributed by atoms with Crippen LogP contribution < -0.4 is 5.32 Å². The van der Waals surface area contributed by atoms with Crippen LogP contribution in [0, 0.1) is 11.3 Å². The molecule has 1 aromatic rings. The quantitative estimate of drug-likeness (QED) is 0.841. The van der Waals surface area contributed by atoms with Gasteiger partial charge in [-0.1, -0.05) is 19.1 Å². The molecular weight excluding hydrogens is 322 g/mol. The summed E-state index contributed by atoms with van der Waals surface area (Å²) in [6.45, 7) is 3.95. The van der Waals surface area contributed by atoms with Crippen LogP contribution in [0.2, 0.25) is 0 Å². The normalized spacial score (nSPS) is 20.1. The number of nitriles is 1. The zero-order valence-electron chi connectivity index (χ0n) is 14.0. The lowest BCUT2D eigenvalue weighted by Crippen LogP contribution is -2.57. The first kappa shape index (κ1) is 17.1. The number of hydrogen-bond donors (Lipinski definition) is 1. The van der Waals surface area contributed by atoms with E-state index in [0.717, 1.165) is 23.4 Å². The molecule has 3 rings (SSSR count). The van der Waals surface area contributed by atoms with Crippen LogP contribution in [-0.4, -0.2) is 41.5 Å². The minimum Gasteiger partial charge on any atom is -0.371 e. The second-order valence-electron chi connectivity index (χ2n) is 6.52. The fraction of sp³-hybridized carbons (Fsp3) is 0.556. The number of urea groups is 1. The fourth-order valence-corrected chi connectivity index (χ4v) is 4.14. The van der Waals surface area contributed by atoms with E-state index in [-0.39, 0.29) is 16.9 Å². The lowest BCUT2D eigenvalue weighted by molar-refractivity contribution is -0.140. The van der Waals surface area contributed by atoms with Crippen LogP contribution in [0.4, 0.5) is 10.5 Å². The third kappa shape index (κ3) is 3.85. The minimum absolute atomic E-state index is 0.0643. The number of thioether (sulfide) groups is 1. The van der Waals surface area contributed by atoms with E-state index in [1.807, 2.05) is 36.1 Å². The summed E-state index contributed by atoms with van der Waals surface area (Å²) in [4.78, 5) is 15.5. The van der Waals surface area contributed by atoms with Gasteiger partial charge in [-0.3, -0.25) is 0 Å². The molecule has 6 heteroatoms. The first-order valence-electron chi connectivity index (χ1n) is 8.44. The largest absolute Gasteiger partial charge is 0.371 e. The van der Waals surface area contributed by atoms with Crippen molar-refractivity contribution in [3.05, 3.63) is 24.3 Å². The molecule has 1 heterocycles. The standard InChI is InChI=1S/C18H23N3O2S/c1-14(7-10-19)24-16-6-3-2-5-15(16)20-17(22)21-11-12-23-18(13-21)8-4-9-18/h2-3,5-6,14H,4,7-9,11-13H2,1H3,(H,20,22)/t14-/m1/s1. The van der Waals surface area contributed by atoms with Crippen molar-refractivity contribution < 1.29 is 9.53 Å². The highest BCUT2D eigenvalue weighted by atomic mass is 32.2. The fourth-order valence-electron chi connectivity index (χ4n) is 3.15. The van der Waals surface area contributed by atoms with Gasteiger partial charge in [0.1, 0.15) is 0 Å². The van der Waals surface area contributed by atoms with Gasteiger partial charge in [-0.25, -0.2) is 4.79 Å². The van der Waals surface area contributed by atoms with Crippen molar-refractivity contribution in [1.82, 2.24) is 4.90 Å². The number of amides is 2. The summed E-state index contributed by atoms with van der Waals surface area (Å²) in [5.41, 5.74) is 0.719. The topological polar surface area (TPSA) is 65.4 Å². The number of carbonyl (C=O) groups excluding carboxylic acids is 1. The van der Waals surface area contributed by atoms with Crippen LogP contribution in [0.15, 0.2) is 29.2 Å². The molecule has 1 atom stereocenters. The number of hydrogen-bond acceptors (Lipinski definition) is 4. The number of ether oxygens (including phenoxy) is 1. The summed E-state index contributed by atoms with van der Waals surface area (Å²) in [6, 6.07) is 9.90. The Hall–Kier alpha value is -1.71. The van der Waals surface area contributed by atoms with Crippen LogP contribution in [0.1, 0.15) is 32.6 Å². The lowest BCUT2D eigenvalue weighted by Gasteiger charge is -2.48. The van der Waals surface area contributed by atoms with E-state index in [0.29, 0.717) is 26.1 Å². The molecule has 0 aromatic heterocycles. The molecule has 0 unspecified atom stereocenters. The van der Waals surface area contributed by atoms with Crippen molar-refractivity contribution in [1.29, 1.82) is 5.26 Å². The average Bonchev–Trinajstić information content (AvgIpc) is 2.55. The van der Waals surface area contributed by atoms with E-state index < -0.39 is 0 Å². The van der Waals surface area contributed by atoms with Crippen LogP contribution in [0.3, 0.4) is 0 Å². The molecule has 1 aromatic carbocycles. The number of morpholine rings is 1. The van der Waals surface area contributed by atoms with Gasteiger partial charge in [-0.2, -0.15) is 5.26 Å². The van der Waals surface area contributed by atoms with Crippen molar-refractivity contribution in [2.75, 3.05) is 25.0 Å². The Morgan fingerprint density at radius 1 is 1.50 bits per heavy atom. The highest BCUT2D eigenvalue weighted by Crippen LogP contribution is 2.38. The predicted molar refractivity (Wildman–Crippen MR) is 95.1 cm³/mol. The monoisotopic (exact) mass is 345 g/mol. The molecule has 5 nitrogen and oxygen atoms in total. The Labute approximate surface area is 147 Å². The van der Waals surface area contributed by atoms with Gasteiger partial charge in [0, 0.05) is 23.1 Å². The Balaban J connectivity index is 1.65. The van der Waals surface area contributed by atoms with Crippen LogP contribution >= 0.6 is 11.8 Å². The first-order chi connectivity index (χ1) is 11.6. The van der Waals surface area contributed by atoms with Gasteiger partial charge >= 0.3 is 6.03 Å². The number of benzene rings is 1. The van der Waals surface area contributed by atoms with Gasteiger partial charge in [0.2, 0.25) is 0 Å². The Morgan fingerprint density at radius 2 is 2.29 bits per heavy atom. The molecule has 24 heavy (non-hydrogen) atoms. The highest BCUT2D eigenvalue weighted by Gasteiger charge is 2.43.